The van der Waals surface area contributed by atoms with Crippen molar-refractivity contribution in [2.24, 2.45) is 0 Å². The summed E-state index contributed by atoms with van der Waals surface area (Å²) in [6, 6.07) is 12.1. The highest BCUT2D eigenvalue weighted by atomic mass is 16.5. The fraction of sp³-hybridized carbons (Fsp3) is 0.433. The number of ether oxygens (including phenoxy) is 1. The predicted octanol–water partition coefficient (Wildman–Crippen LogP) is 6.02. The molecule has 2 N–H and O–H groups in total. The number of H-pyrrole nitrogens is 1. The van der Waals surface area contributed by atoms with Crippen molar-refractivity contribution in [2.75, 3.05) is 36.5 Å². The summed E-state index contributed by atoms with van der Waals surface area (Å²) >= 11 is 0. The summed E-state index contributed by atoms with van der Waals surface area (Å²) in [4.78, 5) is 22.4. The number of hydrogen-bond donors (Lipinski definition) is 2. The third-order valence-electron chi connectivity index (χ3n) is 6.97. The van der Waals surface area contributed by atoms with Crippen LogP contribution in [0.5, 0.6) is 5.75 Å². The zero-order valence-electron chi connectivity index (χ0n) is 24.3. The van der Waals surface area contributed by atoms with Crippen molar-refractivity contribution in [2.45, 2.75) is 60.8 Å². The van der Waals surface area contributed by atoms with Gasteiger partial charge in [-0.25, -0.2) is 9.78 Å². The first-order valence-electron chi connectivity index (χ1n) is 13.8. The van der Waals surface area contributed by atoms with Crippen molar-refractivity contribution in [3.63, 3.8) is 0 Å². The Labute approximate surface area is 231 Å². The van der Waals surface area contributed by atoms with Gasteiger partial charge in [-0.2, -0.15) is 4.63 Å². The van der Waals surface area contributed by atoms with Crippen molar-refractivity contribution in [1.29, 1.82) is 0 Å². The molecule has 4 rings (SSSR count). The summed E-state index contributed by atoms with van der Waals surface area (Å²) in [5.41, 5.74) is 7.33. The summed E-state index contributed by atoms with van der Waals surface area (Å²) in [5, 5.41) is 11.0. The third kappa shape index (κ3) is 6.19. The second-order valence-corrected chi connectivity index (χ2v) is 10.1. The summed E-state index contributed by atoms with van der Waals surface area (Å²) in [6.45, 7) is 14.3. The van der Waals surface area contributed by atoms with E-state index in [-0.39, 0.29) is 6.03 Å². The lowest BCUT2D eigenvalue weighted by atomic mass is 10.1. The van der Waals surface area contributed by atoms with E-state index in [1.807, 2.05) is 39.0 Å². The fourth-order valence-corrected chi connectivity index (χ4v) is 4.65. The number of aromatic nitrogens is 4. The number of urea groups is 1. The Kier molecular flexibility index (Phi) is 8.79. The van der Waals surface area contributed by atoms with Gasteiger partial charge < -0.3 is 15.0 Å². The maximum absolute atomic E-state index is 13.6. The van der Waals surface area contributed by atoms with Gasteiger partial charge >= 0.3 is 6.03 Å². The molecule has 4 aromatic rings. The van der Waals surface area contributed by atoms with Crippen LogP contribution in [0.25, 0.3) is 5.65 Å². The van der Waals surface area contributed by atoms with Crippen LogP contribution in [-0.2, 0) is 6.42 Å². The van der Waals surface area contributed by atoms with E-state index in [0.717, 1.165) is 53.3 Å². The van der Waals surface area contributed by atoms with Gasteiger partial charge in [-0.3, -0.25) is 10.00 Å². The lowest BCUT2D eigenvalue weighted by Crippen LogP contribution is -2.38. The van der Waals surface area contributed by atoms with Gasteiger partial charge in [-0.15, -0.1) is 5.10 Å². The van der Waals surface area contributed by atoms with Crippen LogP contribution in [0.2, 0.25) is 0 Å². The Balaban J connectivity index is 1.65. The molecule has 0 saturated carbocycles. The van der Waals surface area contributed by atoms with E-state index in [9.17, 15) is 4.79 Å². The number of benzene rings is 2. The molecule has 0 fully saturated rings. The van der Waals surface area contributed by atoms with Crippen molar-refractivity contribution >= 4 is 28.7 Å². The fourth-order valence-electron chi connectivity index (χ4n) is 4.65. The Bertz CT molecular complexity index is 1440. The Hall–Kier alpha value is -4.01. The number of carbonyl (C=O) groups excluding carboxylic acids is 1. The monoisotopic (exact) mass is 531 g/mol. The minimum atomic E-state index is -0.185. The molecule has 0 bridgehead atoms. The van der Waals surface area contributed by atoms with Gasteiger partial charge in [0.15, 0.2) is 11.5 Å². The first-order valence-corrected chi connectivity index (χ1v) is 13.8. The molecule has 0 spiro atoms. The zero-order valence-corrected chi connectivity index (χ0v) is 24.3. The molecule has 2 heterocycles. The van der Waals surface area contributed by atoms with E-state index in [2.05, 4.69) is 66.4 Å². The normalized spacial score (nSPS) is 11.2. The standard InChI is InChI=1S/C30H41N7O2/c1-8-10-16-31-30(38)36(25-13-12-24(19-21(25)4)35(7)9-2)28-23(6)33-37-29(28)32-27(34-37)15-17-39-26-14-11-20(3)18-22(26)5/h11-14,18-19,33H,8-10,15-17H2,1-7H3,(H,31,38). The topological polar surface area (TPSA) is 90.8 Å². The van der Waals surface area contributed by atoms with Crippen molar-refractivity contribution < 1.29 is 9.53 Å². The van der Waals surface area contributed by atoms with Crippen LogP contribution >= 0.6 is 0 Å². The number of nitrogens with one attached hydrogen (secondary N) is 2. The van der Waals surface area contributed by atoms with Crippen molar-refractivity contribution in [1.82, 2.24) is 25.1 Å². The van der Waals surface area contributed by atoms with Crippen LogP contribution in [-0.4, -0.2) is 52.6 Å². The number of fused-ring (bicyclic) bond motifs is 1. The SMILES string of the molecule is CCCCNC(=O)N(c1ccc(N(C)CC)cc1C)c1c(C)[nH]n2nc(CCOc3ccc(C)cc3C)nc12. The van der Waals surface area contributed by atoms with E-state index in [4.69, 9.17) is 9.72 Å². The molecule has 0 unspecified atom stereocenters. The van der Waals surface area contributed by atoms with Crippen LogP contribution in [0, 0.1) is 27.7 Å². The van der Waals surface area contributed by atoms with Crippen molar-refractivity contribution in [3.05, 3.63) is 64.6 Å². The quantitative estimate of drug-likeness (QED) is 0.231. The summed E-state index contributed by atoms with van der Waals surface area (Å²) in [7, 11) is 2.06. The number of hydrogen-bond acceptors (Lipinski definition) is 5. The van der Waals surface area contributed by atoms with Crippen LogP contribution in [0.4, 0.5) is 21.9 Å². The molecule has 9 nitrogen and oxygen atoms in total. The molecule has 208 valence electrons. The lowest BCUT2D eigenvalue weighted by Gasteiger charge is -2.26. The Morgan fingerprint density at radius 3 is 2.56 bits per heavy atom. The lowest BCUT2D eigenvalue weighted by molar-refractivity contribution is 0.248. The molecule has 0 aliphatic heterocycles. The summed E-state index contributed by atoms with van der Waals surface area (Å²) in [5.74, 6) is 1.51. The highest BCUT2D eigenvalue weighted by Crippen LogP contribution is 2.35. The number of unbranched alkanes of at least 4 members (excludes halogenated alkanes) is 1. The van der Waals surface area contributed by atoms with Crippen LogP contribution in [0.1, 0.15) is 54.9 Å². The van der Waals surface area contributed by atoms with Crippen LogP contribution in [0.15, 0.2) is 36.4 Å². The van der Waals surface area contributed by atoms with Gasteiger partial charge in [0.2, 0.25) is 0 Å². The molecule has 0 aliphatic carbocycles. The average Bonchev–Trinajstić information content (AvgIpc) is 3.42. The van der Waals surface area contributed by atoms with Gasteiger partial charge in [-0.05, 0) is 76.4 Å². The average molecular weight is 532 g/mol. The van der Waals surface area contributed by atoms with Gasteiger partial charge in [0.1, 0.15) is 11.4 Å². The number of nitrogens with zero attached hydrogens (tertiary/aromatic N) is 5. The largest absolute Gasteiger partial charge is 0.493 e. The molecule has 9 heteroatoms. The van der Waals surface area contributed by atoms with E-state index in [1.54, 1.807) is 9.53 Å². The van der Waals surface area contributed by atoms with Crippen molar-refractivity contribution in [3.8, 4) is 5.75 Å². The van der Waals surface area contributed by atoms with Gasteiger partial charge in [0.05, 0.1) is 18.0 Å². The number of amides is 2. The van der Waals surface area contributed by atoms with Gasteiger partial charge in [-0.1, -0.05) is 31.0 Å². The minimum absolute atomic E-state index is 0.185. The molecule has 2 aromatic carbocycles. The smallest absolute Gasteiger partial charge is 0.326 e. The number of anilines is 3. The number of carbonyl (C=O) groups is 1. The Morgan fingerprint density at radius 2 is 1.87 bits per heavy atom. The molecule has 0 atom stereocenters. The van der Waals surface area contributed by atoms with Crippen LogP contribution < -0.4 is 19.9 Å². The molecule has 2 amide bonds. The van der Waals surface area contributed by atoms with E-state index < -0.39 is 0 Å². The third-order valence-corrected chi connectivity index (χ3v) is 6.97. The second-order valence-electron chi connectivity index (χ2n) is 10.1. The molecule has 39 heavy (non-hydrogen) atoms. The van der Waals surface area contributed by atoms with E-state index >= 15 is 0 Å². The Morgan fingerprint density at radius 1 is 1.08 bits per heavy atom. The predicted molar refractivity (Wildman–Crippen MR) is 158 cm³/mol. The van der Waals surface area contributed by atoms with E-state index in [0.29, 0.717) is 36.7 Å². The maximum Gasteiger partial charge on any atom is 0.326 e. The van der Waals surface area contributed by atoms with Gasteiger partial charge in [0, 0.05) is 32.2 Å². The molecule has 0 saturated heterocycles. The molecular weight excluding hydrogens is 490 g/mol. The van der Waals surface area contributed by atoms with E-state index in [1.165, 1.54) is 5.56 Å². The molecular formula is C30H41N7O2. The summed E-state index contributed by atoms with van der Waals surface area (Å²) < 4.78 is 7.66. The molecule has 2 aromatic heterocycles. The second kappa shape index (κ2) is 12.2. The zero-order chi connectivity index (χ0) is 28.1. The number of aromatic amines is 1. The minimum Gasteiger partial charge on any atom is -0.493 e. The van der Waals surface area contributed by atoms with Gasteiger partial charge in [0.25, 0.3) is 0 Å². The summed E-state index contributed by atoms with van der Waals surface area (Å²) in [6.07, 6.45) is 2.46. The first-order chi connectivity index (χ1) is 18.7. The first kappa shape index (κ1) is 28.0. The highest BCUT2D eigenvalue weighted by Gasteiger charge is 2.27. The van der Waals surface area contributed by atoms with Crippen LogP contribution in [0.3, 0.4) is 0 Å². The number of aryl methyl sites for hydroxylation is 4. The molecule has 0 radical (unpaired) electrons. The molecule has 0 aliphatic rings. The highest BCUT2D eigenvalue weighted by molar-refractivity contribution is 6.04. The number of rotatable bonds is 11. The maximum atomic E-state index is 13.6.